The molecule has 0 bridgehead atoms. The first kappa shape index (κ1) is 11.6. The summed E-state index contributed by atoms with van der Waals surface area (Å²) in [5.74, 6) is 0. The van der Waals surface area contributed by atoms with Gasteiger partial charge in [-0.2, -0.15) is 0 Å². The molecule has 0 aromatic heterocycles. The molecular formula is C16H16O. The third kappa shape index (κ3) is 3.30. The van der Waals surface area contributed by atoms with Gasteiger partial charge in [-0.05, 0) is 18.1 Å². The largest absolute Gasteiger partial charge is 0.384 e. The average Bonchev–Trinajstić information content (AvgIpc) is 2.38. The Hall–Kier alpha value is -1.86. The van der Waals surface area contributed by atoms with Crippen LogP contribution in [0.2, 0.25) is 0 Å². The van der Waals surface area contributed by atoms with Crippen LogP contribution in [-0.2, 0) is 0 Å². The summed E-state index contributed by atoms with van der Waals surface area (Å²) >= 11 is 0. The number of benzene rings is 2. The molecule has 0 aliphatic carbocycles. The molecule has 1 N–H and O–H groups in total. The van der Waals surface area contributed by atoms with E-state index in [1.165, 1.54) is 5.56 Å². The van der Waals surface area contributed by atoms with E-state index in [0.29, 0.717) is 0 Å². The highest BCUT2D eigenvalue weighted by Crippen LogP contribution is 2.16. The number of rotatable bonds is 3. The number of aryl methyl sites for hydroxylation is 1. The second-order valence-electron chi connectivity index (χ2n) is 4.13. The van der Waals surface area contributed by atoms with Gasteiger partial charge in [-0.25, -0.2) is 0 Å². The molecule has 2 rings (SSSR count). The van der Waals surface area contributed by atoms with Crippen LogP contribution in [0.1, 0.15) is 22.8 Å². The summed E-state index contributed by atoms with van der Waals surface area (Å²) in [5.41, 5.74) is 3.22. The summed E-state index contributed by atoms with van der Waals surface area (Å²) in [7, 11) is 0. The SMILES string of the molecule is Cc1ccc([C@H](O)/C=C/c2ccccc2)cc1. The molecule has 0 unspecified atom stereocenters. The van der Waals surface area contributed by atoms with Gasteiger partial charge in [-0.1, -0.05) is 72.3 Å². The van der Waals surface area contributed by atoms with Crippen molar-refractivity contribution in [3.8, 4) is 0 Å². The fourth-order valence-electron chi connectivity index (χ4n) is 1.64. The molecule has 1 atom stereocenters. The van der Waals surface area contributed by atoms with Crippen molar-refractivity contribution in [2.45, 2.75) is 13.0 Å². The molecule has 0 aliphatic rings. The van der Waals surface area contributed by atoms with Crippen LogP contribution >= 0.6 is 0 Å². The third-order valence-electron chi connectivity index (χ3n) is 2.69. The highest BCUT2D eigenvalue weighted by atomic mass is 16.3. The van der Waals surface area contributed by atoms with Crippen molar-refractivity contribution in [2.24, 2.45) is 0 Å². The van der Waals surface area contributed by atoms with Crippen LogP contribution < -0.4 is 0 Å². The Morgan fingerprint density at radius 3 is 2.24 bits per heavy atom. The Bertz CT molecular complexity index is 483. The molecule has 0 heterocycles. The molecule has 0 spiro atoms. The van der Waals surface area contributed by atoms with Gasteiger partial charge in [-0.15, -0.1) is 0 Å². The third-order valence-corrected chi connectivity index (χ3v) is 2.69. The highest BCUT2D eigenvalue weighted by Gasteiger charge is 2.01. The van der Waals surface area contributed by atoms with Crippen molar-refractivity contribution in [3.05, 3.63) is 77.4 Å². The normalized spacial score (nSPS) is 12.8. The van der Waals surface area contributed by atoms with Crippen LogP contribution in [0.25, 0.3) is 6.08 Å². The van der Waals surface area contributed by atoms with E-state index in [0.717, 1.165) is 11.1 Å². The van der Waals surface area contributed by atoms with Gasteiger partial charge in [0.15, 0.2) is 0 Å². The summed E-state index contributed by atoms with van der Waals surface area (Å²) in [4.78, 5) is 0. The van der Waals surface area contributed by atoms with Crippen molar-refractivity contribution < 1.29 is 5.11 Å². The van der Waals surface area contributed by atoms with E-state index in [1.807, 2.05) is 67.6 Å². The summed E-state index contributed by atoms with van der Waals surface area (Å²) in [6, 6.07) is 17.9. The summed E-state index contributed by atoms with van der Waals surface area (Å²) in [6.45, 7) is 2.04. The highest BCUT2D eigenvalue weighted by molar-refractivity contribution is 5.50. The number of hydrogen-bond acceptors (Lipinski definition) is 1. The van der Waals surface area contributed by atoms with Crippen LogP contribution in [0.4, 0.5) is 0 Å². The minimum Gasteiger partial charge on any atom is -0.384 e. The Kier molecular flexibility index (Phi) is 3.73. The van der Waals surface area contributed by atoms with Gasteiger partial charge in [0.05, 0.1) is 6.10 Å². The quantitative estimate of drug-likeness (QED) is 0.842. The zero-order valence-electron chi connectivity index (χ0n) is 9.88. The van der Waals surface area contributed by atoms with Crippen molar-refractivity contribution in [2.75, 3.05) is 0 Å². The molecule has 0 amide bonds. The van der Waals surface area contributed by atoms with Gasteiger partial charge in [0.1, 0.15) is 0 Å². The van der Waals surface area contributed by atoms with Gasteiger partial charge in [0.25, 0.3) is 0 Å². The lowest BCUT2D eigenvalue weighted by atomic mass is 10.1. The molecular weight excluding hydrogens is 208 g/mol. The molecule has 86 valence electrons. The second-order valence-corrected chi connectivity index (χ2v) is 4.13. The van der Waals surface area contributed by atoms with Crippen LogP contribution in [0, 0.1) is 6.92 Å². The van der Waals surface area contributed by atoms with Crippen LogP contribution in [-0.4, -0.2) is 5.11 Å². The number of aliphatic hydroxyl groups is 1. The number of hydrogen-bond donors (Lipinski definition) is 1. The predicted octanol–water partition coefficient (Wildman–Crippen LogP) is 3.74. The van der Waals surface area contributed by atoms with Crippen molar-refractivity contribution in [1.82, 2.24) is 0 Å². The van der Waals surface area contributed by atoms with Crippen molar-refractivity contribution in [1.29, 1.82) is 0 Å². The maximum atomic E-state index is 9.99. The van der Waals surface area contributed by atoms with E-state index in [1.54, 1.807) is 6.08 Å². The van der Waals surface area contributed by atoms with Gasteiger partial charge >= 0.3 is 0 Å². The van der Waals surface area contributed by atoms with Crippen LogP contribution in [0.15, 0.2) is 60.7 Å². The first-order valence-electron chi connectivity index (χ1n) is 5.73. The van der Waals surface area contributed by atoms with Gasteiger partial charge < -0.3 is 5.11 Å². The molecule has 0 fully saturated rings. The van der Waals surface area contributed by atoms with Crippen molar-refractivity contribution in [3.63, 3.8) is 0 Å². The molecule has 0 saturated heterocycles. The van der Waals surface area contributed by atoms with E-state index in [-0.39, 0.29) is 0 Å². The molecule has 17 heavy (non-hydrogen) atoms. The zero-order chi connectivity index (χ0) is 12.1. The molecule has 0 aliphatic heterocycles. The molecule has 0 saturated carbocycles. The smallest absolute Gasteiger partial charge is 0.0975 e. The Morgan fingerprint density at radius 1 is 0.941 bits per heavy atom. The van der Waals surface area contributed by atoms with Gasteiger partial charge in [-0.3, -0.25) is 0 Å². The van der Waals surface area contributed by atoms with E-state index in [2.05, 4.69) is 0 Å². The molecule has 0 radical (unpaired) electrons. The predicted molar refractivity (Wildman–Crippen MR) is 71.6 cm³/mol. The molecule has 2 aromatic rings. The second kappa shape index (κ2) is 5.46. The average molecular weight is 224 g/mol. The fourth-order valence-corrected chi connectivity index (χ4v) is 1.64. The molecule has 2 aromatic carbocycles. The van der Waals surface area contributed by atoms with E-state index in [4.69, 9.17) is 0 Å². The lowest BCUT2D eigenvalue weighted by Gasteiger charge is -2.06. The molecule has 1 nitrogen and oxygen atoms in total. The van der Waals surface area contributed by atoms with E-state index >= 15 is 0 Å². The Balaban J connectivity index is 2.09. The minimum absolute atomic E-state index is 0.546. The first-order valence-corrected chi connectivity index (χ1v) is 5.73. The lowest BCUT2D eigenvalue weighted by Crippen LogP contribution is -1.92. The van der Waals surface area contributed by atoms with E-state index < -0.39 is 6.10 Å². The Labute approximate surface area is 102 Å². The summed E-state index contributed by atoms with van der Waals surface area (Å²) in [6.07, 6.45) is 3.20. The van der Waals surface area contributed by atoms with Crippen LogP contribution in [0.5, 0.6) is 0 Å². The maximum absolute atomic E-state index is 9.99. The van der Waals surface area contributed by atoms with Gasteiger partial charge in [0, 0.05) is 0 Å². The van der Waals surface area contributed by atoms with Gasteiger partial charge in [0.2, 0.25) is 0 Å². The van der Waals surface area contributed by atoms with Crippen LogP contribution in [0.3, 0.4) is 0 Å². The molecule has 1 heteroatoms. The topological polar surface area (TPSA) is 20.2 Å². The lowest BCUT2D eigenvalue weighted by molar-refractivity contribution is 0.229. The summed E-state index contributed by atoms with van der Waals surface area (Å²) in [5, 5.41) is 9.99. The monoisotopic (exact) mass is 224 g/mol. The minimum atomic E-state index is -0.546. The fraction of sp³-hybridized carbons (Fsp3) is 0.125. The van der Waals surface area contributed by atoms with E-state index in [9.17, 15) is 5.11 Å². The summed E-state index contributed by atoms with van der Waals surface area (Å²) < 4.78 is 0. The zero-order valence-corrected chi connectivity index (χ0v) is 9.88. The standard InChI is InChI=1S/C16H16O/c1-13-7-10-15(11-8-13)16(17)12-9-14-5-3-2-4-6-14/h2-12,16-17H,1H3/b12-9+/t16-/m1/s1. The number of aliphatic hydroxyl groups excluding tert-OH is 1. The maximum Gasteiger partial charge on any atom is 0.0975 e. The Morgan fingerprint density at radius 2 is 1.59 bits per heavy atom. The van der Waals surface area contributed by atoms with Crippen molar-refractivity contribution >= 4 is 6.08 Å². The first-order chi connectivity index (χ1) is 8.25.